The maximum absolute atomic E-state index is 14.7. The van der Waals surface area contributed by atoms with E-state index in [2.05, 4.69) is 10.3 Å². The number of nitrogens with zero attached hydrogens (tertiary/aromatic N) is 3. The number of aromatic nitrogens is 3. The molecule has 34 heavy (non-hydrogen) atoms. The smallest absolute Gasteiger partial charge is 0.332 e. The number of phenols is 1. The second kappa shape index (κ2) is 9.08. The highest BCUT2D eigenvalue weighted by molar-refractivity contribution is 6.32. The second-order valence-corrected chi connectivity index (χ2v) is 9.00. The number of hydrogen-bond acceptors (Lipinski definition) is 4. The lowest BCUT2D eigenvalue weighted by atomic mass is 9.92. The van der Waals surface area contributed by atoms with Gasteiger partial charge in [0.05, 0.1) is 10.7 Å². The van der Waals surface area contributed by atoms with Crippen LogP contribution in [0.1, 0.15) is 24.5 Å². The van der Waals surface area contributed by atoms with Crippen LogP contribution in [0.3, 0.4) is 0 Å². The molecular formula is C26H24ClFN4O2. The molecule has 0 radical (unpaired) electrons. The average molecular weight is 479 g/mol. The molecule has 5 rings (SSSR count). The van der Waals surface area contributed by atoms with E-state index in [4.69, 9.17) is 11.6 Å². The van der Waals surface area contributed by atoms with Crippen molar-refractivity contribution in [2.45, 2.75) is 18.8 Å². The number of halogens is 2. The summed E-state index contributed by atoms with van der Waals surface area (Å²) in [6.07, 6.45) is 7.09. The Morgan fingerprint density at radius 2 is 1.88 bits per heavy atom. The minimum Gasteiger partial charge on any atom is -0.507 e. The lowest BCUT2D eigenvalue weighted by molar-refractivity contribution is 0.454. The Morgan fingerprint density at radius 1 is 1.12 bits per heavy atom. The van der Waals surface area contributed by atoms with Crippen LogP contribution in [0.4, 0.5) is 4.39 Å². The van der Waals surface area contributed by atoms with Crippen molar-refractivity contribution in [3.63, 3.8) is 0 Å². The summed E-state index contributed by atoms with van der Waals surface area (Å²) in [5.41, 5.74) is 3.16. The Morgan fingerprint density at radius 3 is 2.53 bits per heavy atom. The van der Waals surface area contributed by atoms with E-state index < -0.39 is 5.82 Å². The molecule has 1 saturated heterocycles. The zero-order chi connectivity index (χ0) is 23.8. The first kappa shape index (κ1) is 22.4. The minimum absolute atomic E-state index is 0.0407. The van der Waals surface area contributed by atoms with E-state index in [0.717, 1.165) is 31.6 Å². The van der Waals surface area contributed by atoms with Crippen LogP contribution in [-0.4, -0.2) is 32.3 Å². The molecule has 2 aromatic carbocycles. The summed E-state index contributed by atoms with van der Waals surface area (Å²) >= 11 is 6.49. The van der Waals surface area contributed by atoms with Crippen LogP contribution in [0.5, 0.6) is 5.75 Å². The molecule has 1 aliphatic rings. The zero-order valence-corrected chi connectivity index (χ0v) is 19.4. The Balaban J connectivity index is 1.55. The topological polar surface area (TPSA) is 72.1 Å². The molecule has 1 fully saturated rings. The third kappa shape index (κ3) is 4.13. The molecule has 0 saturated carbocycles. The van der Waals surface area contributed by atoms with Crippen molar-refractivity contribution in [3.05, 3.63) is 88.1 Å². The van der Waals surface area contributed by atoms with Crippen LogP contribution >= 0.6 is 11.6 Å². The van der Waals surface area contributed by atoms with Gasteiger partial charge in [-0.1, -0.05) is 17.7 Å². The molecule has 1 unspecified atom stereocenters. The molecule has 0 aliphatic carbocycles. The number of phenolic OH excluding ortho intramolecular Hbond substituents is 1. The van der Waals surface area contributed by atoms with E-state index in [1.165, 1.54) is 21.3 Å². The highest BCUT2D eigenvalue weighted by Gasteiger charge is 2.19. The van der Waals surface area contributed by atoms with Crippen molar-refractivity contribution < 1.29 is 9.50 Å². The van der Waals surface area contributed by atoms with Crippen LogP contribution in [0.2, 0.25) is 5.02 Å². The number of hydrogen-bond donors (Lipinski definition) is 2. The van der Waals surface area contributed by atoms with Gasteiger partial charge in [0.15, 0.2) is 0 Å². The highest BCUT2D eigenvalue weighted by atomic mass is 35.5. The molecule has 6 nitrogen and oxygen atoms in total. The molecule has 0 amide bonds. The number of rotatable bonds is 4. The van der Waals surface area contributed by atoms with E-state index in [0.29, 0.717) is 33.0 Å². The van der Waals surface area contributed by atoms with Crippen LogP contribution < -0.4 is 11.0 Å². The summed E-state index contributed by atoms with van der Waals surface area (Å²) < 4.78 is 17.6. The molecule has 2 N–H and O–H groups in total. The summed E-state index contributed by atoms with van der Waals surface area (Å²) in [6.45, 7) is 1.86. The molecule has 8 heteroatoms. The third-order valence-corrected chi connectivity index (χ3v) is 6.65. The molecule has 2 aromatic heterocycles. The molecule has 1 aliphatic heterocycles. The number of aryl methyl sites for hydroxylation is 1. The van der Waals surface area contributed by atoms with Crippen LogP contribution in [-0.2, 0) is 7.05 Å². The van der Waals surface area contributed by atoms with Crippen molar-refractivity contribution in [3.8, 4) is 33.7 Å². The number of nitrogens with one attached hydrogen (secondary N) is 1. The Kier molecular flexibility index (Phi) is 5.98. The first-order chi connectivity index (χ1) is 16.4. The van der Waals surface area contributed by atoms with Gasteiger partial charge in [-0.15, -0.1) is 0 Å². The molecule has 3 heterocycles. The standard InChI is InChI=1S/C26H24ClFN4O2/c1-31-9-10-32(26(31)34)24-5-4-16(11-22(24)27)20-13-19(28)14-21(25(20)33)17-6-8-30-23(12-17)18-3-2-7-29-15-18/h4-6,8-14,18,29,33H,2-3,7,15H2,1H3. The predicted molar refractivity (Wildman–Crippen MR) is 131 cm³/mol. The third-order valence-electron chi connectivity index (χ3n) is 6.35. The molecule has 4 aromatic rings. The zero-order valence-electron chi connectivity index (χ0n) is 18.6. The predicted octanol–water partition coefficient (Wildman–Crippen LogP) is 4.87. The maximum Gasteiger partial charge on any atom is 0.332 e. The van der Waals surface area contributed by atoms with Crippen molar-refractivity contribution in [2.75, 3.05) is 13.1 Å². The number of piperidine rings is 1. The van der Waals surface area contributed by atoms with Gasteiger partial charge in [-0.3, -0.25) is 9.55 Å². The fourth-order valence-corrected chi connectivity index (χ4v) is 4.77. The van der Waals surface area contributed by atoms with Gasteiger partial charge in [-0.25, -0.2) is 9.18 Å². The number of imidazole rings is 1. The van der Waals surface area contributed by atoms with Crippen molar-refractivity contribution in [1.29, 1.82) is 0 Å². The molecular weight excluding hydrogens is 455 g/mol. The van der Waals surface area contributed by atoms with E-state index >= 15 is 0 Å². The molecule has 174 valence electrons. The maximum atomic E-state index is 14.7. The Bertz CT molecular complexity index is 1420. The summed E-state index contributed by atoms with van der Waals surface area (Å²) in [5, 5.41) is 14.8. The van der Waals surface area contributed by atoms with E-state index in [1.54, 1.807) is 49.9 Å². The van der Waals surface area contributed by atoms with Crippen LogP contribution in [0.25, 0.3) is 27.9 Å². The first-order valence-electron chi connectivity index (χ1n) is 11.2. The monoisotopic (exact) mass is 478 g/mol. The summed E-state index contributed by atoms with van der Waals surface area (Å²) in [6, 6.07) is 11.3. The highest BCUT2D eigenvalue weighted by Crippen LogP contribution is 2.41. The fraction of sp³-hybridized carbons (Fsp3) is 0.231. The van der Waals surface area contributed by atoms with E-state index in [1.807, 2.05) is 6.07 Å². The van der Waals surface area contributed by atoms with Crippen molar-refractivity contribution >= 4 is 11.6 Å². The fourth-order valence-electron chi connectivity index (χ4n) is 4.50. The number of benzene rings is 2. The van der Waals surface area contributed by atoms with E-state index in [-0.39, 0.29) is 17.4 Å². The van der Waals surface area contributed by atoms with Crippen molar-refractivity contribution in [2.24, 2.45) is 7.05 Å². The SMILES string of the molecule is Cn1ccn(-c2ccc(-c3cc(F)cc(-c4ccnc(C5CCCNC5)c4)c3O)cc2Cl)c1=O. The molecule has 0 spiro atoms. The number of pyridine rings is 1. The first-order valence-corrected chi connectivity index (χ1v) is 11.5. The largest absolute Gasteiger partial charge is 0.507 e. The molecule has 1 atom stereocenters. The van der Waals surface area contributed by atoms with Gasteiger partial charge >= 0.3 is 5.69 Å². The second-order valence-electron chi connectivity index (χ2n) is 8.59. The van der Waals surface area contributed by atoms with Gasteiger partial charge < -0.3 is 15.0 Å². The van der Waals surface area contributed by atoms with Gasteiger partial charge in [0, 0.05) is 54.9 Å². The van der Waals surface area contributed by atoms with Gasteiger partial charge in [-0.05, 0) is 66.9 Å². The van der Waals surface area contributed by atoms with Gasteiger partial charge in [0.25, 0.3) is 0 Å². The Labute approximate surface area is 201 Å². The van der Waals surface area contributed by atoms with Crippen LogP contribution in [0.15, 0.2) is 65.8 Å². The normalized spacial score (nSPS) is 16.0. The van der Waals surface area contributed by atoms with E-state index in [9.17, 15) is 14.3 Å². The van der Waals surface area contributed by atoms with Gasteiger partial charge in [0.1, 0.15) is 11.6 Å². The lowest BCUT2D eigenvalue weighted by Crippen LogP contribution is -2.28. The number of aromatic hydroxyl groups is 1. The lowest BCUT2D eigenvalue weighted by Gasteiger charge is -2.22. The summed E-state index contributed by atoms with van der Waals surface area (Å²) in [4.78, 5) is 16.8. The van der Waals surface area contributed by atoms with Gasteiger partial charge in [0.2, 0.25) is 0 Å². The van der Waals surface area contributed by atoms with Crippen molar-refractivity contribution in [1.82, 2.24) is 19.4 Å². The average Bonchev–Trinajstić information content (AvgIpc) is 3.18. The van der Waals surface area contributed by atoms with Gasteiger partial charge in [-0.2, -0.15) is 0 Å². The van der Waals surface area contributed by atoms with Crippen LogP contribution in [0, 0.1) is 5.82 Å². The Hall–Kier alpha value is -3.42. The summed E-state index contributed by atoms with van der Waals surface area (Å²) in [5.74, 6) is -0.224. The minimum atomic E-state index is -0.472. The molecule has 0 bridgehead atoms. The summed E-state index contributed by atoms with van der Waals surface area (Å²) in [7, 11) is 1.66. The quantitative estimate of drug-likeness (QED) is 0.439.